The maximum absolute atomic E-state index is 12.6. The van der Waals surface area contributed by atoms with Crippen LogP contribution in [0.5, 0.6) is 11.5 Å². The molecule has 1 aliphatic rings. The number of anilines is 2. The Kier molecular flexibility index (Phi) is 7.11. The number of carbonyl (C=O) groups is 2. The molecule has 0 heterocycles. The van der Waals surface area contributed by atoms with Gasteiger partial charge in [0, 0.05) is 29.3 Å². The van der Waals surface area contributed by atoms with Gasteiger partial charge in [-0.15, -0.1) is 0 Å². The minimum Gasteiger partial charge on any atom is -0.497 e. The SMILES string of the molecule is CCOc1ccc(NC(=O)C2CCC(C(=O)Nc3cccc(OC)c3)CC2)cc1. The topological polar surface area (TPSA) is 76.7 Å². The lowest BCUT2D eigenvalue weighted by atomic mass is 9.81. The van der Waals surface area contributed by atoms with Crippen molar-refractivity contribution in [3.63, 3.8) is 0 Å². The smallest absolute Gasteiger partial charge is 0.227 e. The molecule has 0 aromatic heterocycles. The minimum atomic E-state index is -0.0734. The molecule has 1 saturated carbocycles. The molecule has 0 bridgehead atoms. The molecule has 2 aromatic carbocycles. The van der Waals surface area contributed by atoms with E-state index in [-0.39, 0.29) is 23.7 Å². The Morgan fingerprint density at radius 3 is 2.00 bits per heavy atom. The highest BCUT2D eigenvalue weighted by atomic mass is 16.5. The first-order valence-corrected chi connectivity index (χ1v) is 10.1. The first-order chi connectivity index (χ1) is 14.1. The molecule has 0 saturated heterocycles. The first-order valence-electron chi connectivity index (χ1n) is 10.1. The molecule has 0 spiro atoms. The fraction of sp³-hybridized carbons (Fsp3) is 0.391. The van der Waals surface area contributed by atoms with Crippen LogP contribution in [0.1, 0.15) is 32.6 Å². The van der Waals surface area contributed by atoms with Gasteiger partial charge in [-0.3, -0.25) is 9.59 Å². The molecule has 3 rings (SSSR count). The van der Waals surface area contributed by atoms with E-state index in [4.69, 9.17) is 9.47 Å². The molecule has 2 aromatic rings. The molecule has 1 fully saturated rings. The van der Waals surface area contributed by atoms with Crippen LogP contribution in [-0.4, -0.2) is 25.5 Å². The van der Waals surface area contributed by atoms with E-state index in [1.165, 1.54) is 0 Å². The van der Waals surface area contributed by atoms with Crippen LogP contribution >= 0.6 is 0 Å². The maximum atomic E-state index is 12.6. The van der Waals surface area contributed by atoms with Crippen molar-refractivity contribution in [2.75, 3.05) is 24.4 Å². The van der Waals surface area contributed by atoms with E-state index in [2.05, 4.69) is 10.6 Å². The third-order valence-electron chi connectivity index (χ3n) is 5.24. The Balaban J connectivity index is 1.47. The van der Waals surface area contributed by atoms with E-state index < -0.39 is 0 Å². The Labute approximate surface area is 171 Å². The molecule has 29 heavy (non-hydrogen) atoms. The van der Waals surface area contributed by atoms with E-state index in [1.54, 1.807) is 13.2 Å². The third kappa shape index (κ3) is 5.73. The van der Waals surface area contributed by atoms with E-state index in [1.807, 2.05) is 49.4 Å². The second kappa shape index (κ2) is 9.96. The Morgan fingerprint density at radius 1 is 0.862 bits per heavy atom. The number of rotatable bonds is 7. The normalized spacial score (nSPS) is 18.6. The number of hydrogen-bond donors (Lipinski definition) is 2. The van der Waals surface area contributed by atoms with Gasteiger partial charge in [-0.1, -0.05) is 6.07 Å². The number of methoxy groups -OCH3 is 1. The van der Waals surface area contributed by atoms with Crippen LogP contribution in [0, 0.1) is 11.8 Å². The van der Waals surface area contributed by atoms with Gasteiger partial charge in [0.1, 0.15) is 11.5 Å². The predicted octanol–water partition coefficient (Wildman–Crippen LogP) is 4.48. The molecule has 0 atom stereocenters. The minimum absolute atomic E-state index is 0.00336. The van der Waals surface area contributed by atoms with Crippen LogP contribution in [0.2, 0.25) is 0 Å². The molecule has 6 heteroatoms. The van der Waals surface area contributed by atoms with Gasteiger partial charge < -0.3 is 20.1 Å². The molecule has 0 aliphatic heterocycles. The van der Waals surface area contributed by atoms with Crippen molar-refractivity contribution < 1.29 is 19.1 Å². The van der Waals surface area contributed by atoms with Gasteiger partial charge in [0.2, 0.25) is 11.8 Å². The molecule has 0 unspecified atom stereocenters. The summed E-state index contributed by atoms with van der Waals surface area (Å²) in [6.45, 7) is 2.54. The van der Waals surface area contributed by atoms with Gasteiger partial charge in [-0.05, 0) is 69.0 Å². The van der Waals surface area contributed by atoms with E-state index >= 15 is 0 Å². The van der Waals surface area contributed by atoms with Crippen LogP contribution < -0.4 is 20.1 Å². The molecular formula is C23H28N2O4. The summed E-state index contributed by atoms with van der Waals surface area (Å²) in [4.78, 5) is 25.1. The number of amides is 2. The zero-order valence-electron chi connectivity index (χ0n) is 16.9. The average Bonchev–Trinajstić information content (AvgIpc) is 2.75. The molecule has 2 N–H and O–H groups in total. The van der Waals surface area contributed by atoms with Gasteiger partial charge in [0.15, 0.2) is 0 Å². The number of nitrogens with one attached hydrogen (secondary N) is 2. The summed E-state index contributed by atoms with van der Waals surface area (Å²) < 4.78 is 10.6. The average molecular weight is 396 g/mol. The molecule has 1 aliphatic carbocycles. The van der Waals surface area contributed by atoms with Gasteiger partial charge in [0.05, 0.1) is 13.7 Å². The van der Waals surface area contributed by atoms with Crippen molar-refractivity contribution >= 4 is 23.2 Å². The van der Waals surface area contributed by atoms with Crippen molar-refractivity contribution in [3.8, 4) is 11.5 Å². The van der Waals surface area contributed by atoms with Crippen LogP contribution in [0.15, 0.2) is 48.5 Å². The second-order valence-electron chi connectivity index (χ2n) is 7.22. The van der Waals surface area contributed by atoms with Gasteiger partial charge in [-0.2, -0.15) is 0 Å². The lowest BCUT2D eigenvalue weighted by Gasteiger charge is -2.27. The standard InChI is InChI=1S/C23H28N2O4/c1-3-29-20-13-11-18(12-14-20)24-22(26)16-7-9-17(10-8-16)23(27)25-19-5-4-6-21(15-19)28-2/h4-6,11-17H,3,7-10H2,1-2H3,(H,24,26)(H,25,27). The first kappa shape index (κ1) is 20.7. The Morgan fingerprint density at radius 2 is 1.45 bits per heavy atom. The zero-order valence-corrected chi connectivity index (χ0v) is 16.9. The summed E-state index contributed by atoms with van der Waals surface area (Å²) in [7, 11) is 1.60. The maximum Gasteiger partial charge on any atom is 0.227 e. The van der Waals surface area contributed by atoms with E-state index in [0.717, 1.165) is 17.1 Å². The van der Waals surface area contributed by atoms with Crippen molar-refractivity contribution in [3.05, 3.63) is 48.5 Å². The predicted molar refractivity (Wildman–Crippen MR) is 113 cm³/mol. The lowest BCUT2D eigenvalue weighted by Crippen LogP contribution is -2.32. The largest absolute Gasteiger partial charge is 0.497 e. The summed E-state index contributed by atoms with van der Waals surface area (Å²) in [5.41, 5.74) is 1.49. The lowest BCUT2D eigenvalue weighted by molar-refractivity contribution is -0.125. The summed E-state index contributed by atoms with van der Waals surface area (Å²) >= 11 is 0. The van der Waals surface area contributed by atoms with Crippen LogP contribution in [0.25, 0.3) is 0 Å². The second-order valence-corrected chi connectivity index (χ2v) is 7.22. The summed E-state index contributed by atoms with van der Waals surface area (Å²) in [6, 6.07) is 14.7. The monoisotopic (exact) mass is 396 g/mol. The van der Waals surface area contributed by atoms with E-state index in [9.17, 15) is 9.59 Å². The summed E-state index contributed by atoms with van der Waals surface area (Å²) in [5.74, 6) is 1.37. The fourth-order valence-corrected chi connectivity index (χ4v) is 3.61. The molecule has 154 valence electrons. The number of benzene rings is 2. The third-order valence-corrected chi connectivity index (χ3v) is 5.24. The van der Waals surface area contributed by atoms with Gasteiger partial charge >= 0.3 is 0 Å². The number of carbonyl (C=O) groups excluding carboxylic acids is 2. The van der Waals surface area contributed by atoms with E-state index in [0.29, 0.717) is 38.0 Å². The fourth-order valence-electron chi connectivity index (χ4n) is 3.61. The molecular weight excluding hydrogens is 368 g/mol. The van der Waals surface area contributed by atoms with Gasteiger partial charge in [0.25, 0.3) is 0 Å². The Hall–Kier alpha value is -3.02. The van der Waals surface area contributed by atoms with Crippen molar-refractivity contribution in [1.29, 1.82) is 0 Å². The van der Waals surface area contributed by atoms with Crippen molar-refractivity contribution in [2.24, 2.45) is 11.8 Å². The van der Waals surface area contributed by atoms with Crippen LogP contribution in [0.4, 0.5) is 11.4 Å². The highest BCUT2D eigenvalue weighted by molar-refractivity contribution is 5.94. The molecule has 6 nitrogen and oxygen atoms in total. The van der Waals surface area contributed by atoms with Crippen molar-refractivity contribution in [1.82, 2.24) is 0 Å². The molecule has 0 radical (unpaired) electrons. The highest BCUT2D eigenvalue weighted by Crippen LogP contribution is 2.31. The summed E-state index contributed by atoms with van der Waals surface area (Å²) in [6.07, 6.45) is 2.83. The van der Waals surface area contributed by atoms with Crippen LogP contribution in [-0.2, 0) is 9.59 Å². The quantitative estimate of drug-likeness (QED) is 0.724. The zero-order chi connectivity index (χ0) is 20.6. The number of ether oxygens (including phenoxy) is 2. The molecule has 2 amide bonds. The summed E-state index contributed by atoms with van der Waals surface area (Å²) in [5, 5.41) is 5.92. The van der Waals surface area contributed by atoms with Crippen LogP contribution in [0.3, 0.4) is 0 Å². The highest BCUT2D eigenvalue weighted by Gasteiger charge is 2.30. The van der Waals surface area contributed by atoms with Crippen molar-refractivity contribution in [2.45, 2.75) is 32.6 Å². The number of hydrogen-bond acceptors (Lipinski definition) is 4. The van der Waals surface area contributed by atoms with Gasteiger partial charge in [-0.25, -0.2) is 0 Å². The Bertz CT molecular complexity index is 827.